The Hall–Kier alpha value is -1.26. The van der Waals surface area contributed by atoms with Crippen LogP contribution in [0.4, 0.5) is 0 Å². The molecular weight excluding hydrogens is 242 g/mol. The molecule has 0 aromatic rings. The van der Waals surface area contributed by atoms with Crippen molar-refractivity contribution in [2.45, 2.75) is 39.0 Å². The highest BCUT2D eigenvalue weighted by Crippen LogP contribution is 2.04. The minimum Gasteiger partial charge on any atom is -0.466 e. The van der Waals surface area contributed by atoms with Crippen molar-refractivity contribution in [3.63, 3.8) is 0 Å². The van der Waals surface area contributed by atoms with Crippen molar-refractivity contribution in [1.29, 1.82) is 0 Å². The minimum atomic E-state index is -0.0805. The molecule has 0 amide bonds. The number of guanidine groups is 1. The van der Waals surface area contributed by atoms with E-state index in [4.69, 9.17) is 4.74 Å². The van der Waals surface area contributed by atoms with Gasteiger partial charge in [-0.25, -0.2) is 0 Å². The van der Waals surface area contributed by atoms with Gasteiger partial charge in [-0.05, 0) is 19.8 Å². The number of rotatable bonds is 8. The van der Waals surface area contributed by atoms with Gasteiger partial charge in [-0.2, -0.15) is 0 Å². The molecule has 0 aliphatic heterocycles. The molecule has 0 saturated carbocycles. The molecule has 19 heavy (non-hydrogen) atoms. The fourth-order valence-electron chi connectivity index (χ4n) is 1.83. The normalized spacial score (nSPS) is 9.95. The van der Waals surface area contributed by atoms with Gasteiger partial charge in [-0.3, -0.25) is 9.79 Å². The highest BCUT2D eigenvalue weighted by molar-refractivity contribution is 5.79. The molecule has 0 heterocycles. The van der Waals surface area contributed by atoms with Crippen molar-refractivity contribution in [2.24, 2.45) is 4.99 Å². The summed E-state index contributed by atoms with van der Waals surface area (Å²) in [5.41, 5.74) is 0. The molecule has 112 valence electrons. The van der Waals surface area contributed by atoms with Gasteiger partial charge in [0.2, 0.25) is 0 Å². The second-order valence-corrected chi connectivity index (χ2v) is 4.94. The first kappa shape index (κ1) is 17.7. The van der Waals surface area contributed by atoms with Gasteiger partial charge in [-0.1, -0.05) is 12.8 Å². The van der Waals surface area contributed by atoms with Crippen LogP contribution >= 0.6 is 0 Å². The Bertz CT molecular complexity index is 266. The van der Waals surface area contributed by atoms with Crippen LogP contribution in [0.2, 0.25) is 0 Å². The monoisotopic (exact) mass is 271 g/mol. The van der Waals surface area contributed by atoms with Crippen molar-refractivity contribution in [3.8, 4) is 0 Å². The van der Waals surface area contributed by atoms with Crippen LogP contribution in [-0.2, 0) is 9.53 Å². The fraction of sp³-hybridized carbons (Fsp3) is 0.857. The van der Waals surface area contributed by atoms with E-state index in [1.165, 1.54) is 0 Å². The largest absolute Gasteiger partial charge is 0.466 e. The van der Waals surface area contributed by atoms with Gasteiger partial charge in [-0.15, -0.1) is 0 Å². The van der Waals surface area contributed by atoms with E-state index in [9.17, 15) is 4.79 Å². The van der Waals surface area contributed by atoms with Crippen molar-refractivity contribution >= 4 is 11.9 Å². The molecule has 0 radical (unpaired) electrons. The summed E-state index contributed by atoms with van der Waals surface area (Å²) in [6, 6.07) is 0. The maximum atomic E-state index is 11.1. The van der Waals surface area contributed by atoms with Crippen molar-refractivity contribution in [1.82, 2.24) is 9.80 Å². The molecule has 0 saturated heterocycles. The lowest BCUT2D eigenvalue weighted by molar-refractivity contribution is -0.143. The number of unbranched alkanes of at least 4 members (excludes halogenated alkanes) is 3. The summed E-state index contributed by atoms with van der Waals surface area (Å²) in [4.78, 5) is 19.7. The Morgan fingerprint density at radius 1 is 1.00 bits per heavy atom. The molecule has 5 nitrogen and oxygen atoms in total. The standard InChI is InChI=1S/C14H29N3O2/c1-6-19-13(18)11-9-7-8-10-12-15-14(16(2)3)17(4)5/h6-12H2,1-5H3. The van der Waals surface area contributed by atoms with E-state index in [0.717, 1.165) is 38.2 Å². The predicted molar refractivity (Wildman–Crippen MR) is 79.4 cm³/mol. The first-order chi connectivity index (χ1) is 8.99. The molecule has 0 fully saturated rings. The van der Waals surface area contributed by atoms with Crippen LogP contribution in [0.1, 0.15) is 39.0 Å². The molecule has 0 rings (SSSR count). The molecule has 5 heteroatoms. The summed E-state index contributed by atoms with van der Waals surface area (Å²) in [7, 11) is 7.99. The van der Waals surface area contributed by atoms with Gasteiger partial charge in [0.25, 0.3) is 0 Å². The number of carbonyl (C=O) groups is 1. The lowest BCUT2D eigenvalue weighted by atomic mass is 10.1. The molecular formula is C14H29N3O2. The number of hydrogen-bond donors (Lipinski definition) is 0. The van der Waals surface area contributed by atoms with E-state index in [-0.39, 0.29) is 5.97 Å². The molecule has 0 aromatic heterocycles. The zero-order chi connectivity index (χ0) is 14.7. The number of hydrogen-bond acceptors (Lipinski definition) is 3. The maximum Gasteiger partial charge on any atom is 0.305 e. The summed E-state index contributed by atoms with van der Waals surface area (Å²) in [5.74, 6) is 0.912. The molecule has 0 spiro atoms. The van der Waals surface area contributed by atoms with Crippen LogP contribution in [-0.4, -0.2) is 63.1 Å². The molecule has 0 unspecified atom stereocenters. The molecule has 0 aromatic carbocycles. The molecule has 0 N–H and O–H groups in total. The SMILES string of the molecule is CCOC(=O)CCCCCCN=C(N(C)C)N(C)C. The van der Waals surface area contributed by atoms with Crippen LogP contribution in [0.3, 0.4) is 0 Å². The lowest BCUT2D eigenvalue weighted by Crippen LogP contribution is -2.35. The third-order valence-electron chi connectivity index (χ3n) is 2.65. The first-order valence-corrected chi connectivity index (χ1v) is 7.03. The smallest absolute Gasteiger partial charge is 0.305 e. The quantitative estimate of drug-likeness (QED) is 0.293. The van der Waals surface area contributed by atoms with Crippen LogP contribution in [0, 0.1) is 0 Å². The minimum absolute atomic E-state index is 0.0805. The molecule has 0 bridgehead atoms. The second kappa shape index (κ2) is 10.6. The first-order valence-electron chi connectivity index (χ1n) is 7.03. The van der Waals surface area contributed by atoms with Gasteiger partial charge < -0.3 is 14.5 Å². The molecule has 0 aliphatic rings. The zero-order valence-electron chi connectivity index (χ0n) is 13.1. The van der Waals surface area contributed by atoms with E-state index in [0.29, 0.717) is 13.0 Å². The Labute approximate surface area is 117 Å². The topological polar surface area (TPSA) is 45.1 Å². The average molecular weight is 271 g/mol. The molecule has 0 aliphatic carbocycles. The van der Waals surface area contributed by atoms with Gasteiger partial charge in [0, 0.05) is 41.2 Å². The maximum absolute atomic E-state index is 11.1. The van der Waals surface area contributed by atoms with Crippen LogP contribution in [0.25, 0.3) is 0 Å². The third kappa shape index (κ3) is 9.33. The Morgan fingerprint density at radius 3 is 2.11 bits per heavy atom. The molecule has 0 atom stereocenters. The second-order valence-electron chi connectivity index (χ2n) is 4.94. The van der Waals surface area contributed by atoms with Crippen molar-refractivity contribution in [2.75, 3.05) is 41.3 Å². The van der Waals surface area contributed by atoms with E-state index in [1.54, 1.807) is 0 Å². The number of aliphatic imine (C=N–C) groups is 1. The highest BCUT2D eigenvalue weighted by atomic mass is 16.5. The van der Waals surface area contributed by atoms with Crippen LogP contribution < -0.4 is 0 Å². The van der Waals surface area contributed by atoms with E-state index < -0.39 is 0 Å². The number of nitrogens with zero attached hydrogens (tertiary/aromatic N) is 3. The van der Waals surface area contributed by atoms with Gasteiger partial charge in [0.15, 0.2) is 5.96 Å². The average Bonchev–Trinajstić information content (AvgIpc) is 2.31. The van der Waals surface area contributed by atoms with Crippen LogP contribution in [0.15, 0.2) is 4.99 Å². The highest BCUT2D eigenvalue weighted by Gasteiger charge is 2.03. The Kier molecular flexibility index (Phi) is 9.94. The van der Waals surface area contributed by atoms with Crippen molar-refractivity contribution in [3.05, 3.63) is 0 Å². The van der Waals surface area contributed by atoms with Crippen LogP contribution in [0.5, 0.6) is 0 Å². The van der Waals surface area contributed by atoms with Gasteiger partial charge >= 0.3 is 5.97 Å². The summed E-state index contributed by atoms with van der Waals surface area (Å²) >= 11 is 0. The van der Waals surface area contributed by atoms with E-state index in [1.807, 2.05) is 44.9 Å². The number of esters is 1. The summed E-state index contributed by atoms with van der Waals surface area (Å²) in [6.45, 7) is 3.15. The Balaban J connectivity index is 3.64. The lowest BCUT2D eigenvalue weighted by Gasteiger charge is -2.22. The number of ether oxygens (including phenoxy) is 1. The fourth-order valence-corrected chi connectivity index (χ4v) is 1.83. The summed E-state index contributed by atoms with van der Waals surface area (Å²) in [5, 5.41) is 0. The zero-order valence-corrected chi connectivity index (χ0v) is 13.1. The number of carbonyl (C=O) groups excluding carboxylic acids is 1. The van der Waals surface area contributed by atoms with E-state index in [2.05, 4.69) is 4.99 Å². The summed E-state index contributed by atoms with van der Waals surface area (Å²) < 4.78 is 4.88. The predicted octanol–water partition coefficient (Wildman–Crippen LogP) is 1.98. The Morgan fingerprint density at radius 2 is 1.58 bits per heavy atom. The third-order valence-corrected chi connectivity index (χ3v) is 2.65. The summed E-state index contributed by atoms with van der Waals surface area (Å²) in [6.07, 6.45) is 4.69. The van der Waals surface area contributed by atoms with Gasteiger partial charge in [0.05, 0.1) is 6.61 Å². The van der Waals surface area contributed by atoms with E-state index >= 15 is 0 Å². The van der Waals surface area contributed by atoms with Gasteiger partial charge in [0.1, 0.15) is 0 Å². The van der Waals surface area contributed by atoms with Crippen molar-refractivity contribution < 1.29 is 9.53 Å².